The van der Waals surface area contributed by atoms with Crippen LogP contribution in [0.25, 0.3) is 0 Å². The van der Waals surface area contributed by atoms with Crippen molar-refractivity contribution in [1.82, 2.24) is 5.32 Å². The number of hydrogen-bond acceptors (Lipinski definition) is 3. The van der Waals surface area contributed by atoms with E-state index in [4.69, 9.17) is 21.1 Å². The van der Waals surface area contributed by atoms with E-state index in [1.54, 1.807) is 0 Å². The fourth-order valence-corrected chi connectivity index (χ4v) is 2.04. The van der Waals surface area contributed by atoms with Crippen LogP contribution in [0.15, 0.2) is 42.9 Å². The number of hydrogen-bond donors (Lipinski definition) is 1. The third kappa shape index (κ3) is 4.17. The Morgan fingerprint density at radius 3 is 2.58 bits per heavy atom. The summed E-state index contributed by atoms with van der Waals surface area (Å²) >= 11 is 5.47. The third-order valence-electron chi connectivity index (χ3n) is 2.89. The molecule has 0 saturated heterocycles. The van der Waals surface area contributed by atoms with Gasteiger partial charge in [-0.3, -0.25) is 4.79 Å². The normalized spacial score (nSPS) is 15.6. The summed E-state index contributed by atoms with van der Waals surface area (Å²) in [6.07, 6.45) is 3.43. The second-order valence-electron chi connectivity index (χ2n) is 4.30. The van der Waals surface area contributed by atoms with Crippen molar-refractivity contribution in [1.29, 1.82) is 0 Å². The second kappa shape index (κ2) is 7.04. The van der Waals surface area contributed by atoms with Crippen LogP contribution in [0.1, 0.15) is 5.56 Å². The number of halogens is 1. The monoisotopic (exact) mass is 281 g/mol. The van der Waals surface area contributed by atoms with Crippen LogP contribution < -0.4 is 5.32 Å². The van der Waals surface area contributed by atoms with Gasteiger partial charge in [0, 0.05) is 6.54 Å². The quantitative estimate of drug-likeness (QED) is 0.812. The molecule has 4 nitrogen and oxygen atoms in total. The first-order valence-corrected chi connectivity index (χ1v) is 6.65. The molecule has 1 aromatic rings. The second-order valence-corrected chi connectivity index (χ2v) is 4.57. The fourth-order valence-electron chi connectivity index (χ4n) is 1.95. The summed E-state index contributed by atoms with van der Waals surface area (Å²) in [5, 5.41) is 2.77. The van der Waals surface area contributed by atoms with Crippen molar-refractivity contribution >= 4 is 17.5 Å². The van der Waals surface area contributed by atoms with Gasteiger partial charge in [-0.1, -0.05) is 30.3 Å². The molecule has 1 heterocycles. The highest BCUT2D eigenvalue weighted by atomic mass is 35.5. The zero-order valence-electron chi connectivity index (χ0n) is 10.4. The number of ether oxygens (including phenoxy) is 2. The van der Waals surface area contributed by atoms with Crippen molar-refractivity contribution in [3.63, 3.8) is 0 Å². The van der Waals surface area contributed by atoms with E-state index in [2.05, 4.69) is 5.32 Å². The van der Waals surface area contributed by atoms with Gasteiger partial charge in [0.2, 0.25) is 12.2 Å². The van der Waals surface area contributed by atoms with Crippen molar-refractivity contribution in [3.05, 3.63) is 48.4 Å². The first-order chi connectivity index (χ1) is 9.29. The molecule has 0 aliphatic carbocycles. The van der Waals surface area contributed by atoms with Gasteiger partial charge in [0.05, 0.1) is 5.92 Å². The molecule has 2 rings (SSSR count). The number of carbonyl (C=O) groups is 1. The number of carbonyl (C=O) groups excluding carboxylic acids is 1. The molecule has 1 aromatic carbocycles. The molecule has 19 heavy (non-hydrogen) atoms. The average Bonchev–Trinajstić information content (AvgIpc) is 2.98. The van der Waals surface area contributed by atoms with Gasteiger partial charge in [-0.2, -0.15) is 0 Å². The van der Waals surface area contributed by atoms with Crippen molar-refractivity contribution < 1.29 is 14.3 Å². The lowest BCUT2D eigenvalue weighted by Crippen LogP contribution is -2.37. The van der Waals surface area contributed by atoms with Gasteiger partial charge in [-0.25, -0.2) is 0 Å². The van der Waals surface area contributed by atoms with Crippen LogP contribution in [-0.2, 0) is 20.7 Å². The number of rotatable bonds is 6. The largest absolute Gasteiger partial charge is 0.459 e. The van der Waals surface area contributed by atoms with Crippen LogP contribution in [0.2, 0.25) is 0 Å². The zero-order chi connectivity index (χ0) is 13.5. The van der Waals surface area contributed by atoms with E-state index in [0.717, 1.165) is 6.42 Å². The van der Waals surface area contributed by atoms with E-state index < -0.39 is 0 Å². The number of amides is 1. The van der Waals surface area contributed by atoms with E-state index in [1.807, 2.05) is 30.3 Å². The average molecular weight is 282 g/mol. The summed E-state index contributed by atoms with van der Waals surface area (Å²) < 4.78 is 10.7. The molecule has 1 unspecified atom stereocenters. The highest BCUT2D eigenvalue weighted by Crippen LogP contribution is 2.19. The maximum Gasteiger partial charge on any atom is 0.244 e. The molecule has 5 heteroatoms. The number of benzene rings is 1. The molecule has 1 amide bonds. The lowest BCUT2D eigenvalue weighted by molar-refractivity contribution is -0.119. The Hall–Kier alpha value is -1.68. The van der Waals surface area contributed by atoms with Crippen LogP contribution in [0.5, 0.6) is 0 Å². The Labute approximate surface area is 117 Å². The van der Waals surface area contributed by atoms with Crippen LogP contribution >= 0.6 is 11.6 Å². The Morgan fingerprint density at radius 1 is 1.26 bits per heavy atom. The van der Waals surface area contributed by atoms with Crippen LogP contribution in [0, 0.1) is 5.92 Å². The van der Waals surface area contributed by atoms with E-state index in [0.29, 0.717) is 6.54 Å². The smallest absolute Gasteiger partial charge is 0.244 e. The predicted octanol–water partition coefficient (Wildman–Crippen LogP) is 2.04. The molecule has 1 aliphatic heterocycles. The third-order valence-corrected chi connectivity index (χ3v) is 3.13. The summed E-state index contributed by atoms with van der Waals surface area (Å²) in [6, 6.07) is 10.0. The standard InChI is InChI=1S/C14H16ClNO3/c15-9-13(17)16-10-12(14-18-6-7-19-14)8-11-4-2-1-3-5-11/h1-7,12,14H,8-10H2,(H,16,17). The van der Waals surface area contributed by atoms with Gasteiger partial charge < -0.3 is 14.8 Å². The zero-order valence-corrected chi connectivity index (χ0v) is 11.2. The van der Waals surface area contributed by atoms with Crippen molar-refractivity contribution in [2.75, 3.05) is 12.4 Å². The maximum atomic E-state index is 11.2. The molecular formula is C14H16ClNO3. The van der Waals surface area contributed by atoms with Gasteiger partial charge in [0.15, 0.2) is 0 Å². The van der Waals surface area contributed by atoms with E-state index in [-0.39, 0.29) is 24.0 Å². The molecule has 0 spiro atoms. The number of nitrogens with one attached hydrogen (secondary N) is 1. The minimum atomic E-state index is -0.365. The maximum absolute atomic E-state index is 11.2. The summed E-state index contributed by atoms with van der Waals surface area (Å²) in [7, 11) is 0. The predicted molar refractivity (Wildman–Crippen MR) is 72.5 cm³/mol. The highest BCUT2D eigenvalue weighted by molar-refractivity contribution is 6.27. The molecule has 0 aromatic heterocycles. The fraction of sp³-hybridized carbons (Fsp3) is 0.357. The molecule has 0 radical (unpaired) electrons. The molecule has 0 saturated carbocycles. The minimum absolute atomic E-state index is 0.0320. The molecular weight excluding hydrogens is 266 g/mol. The van der Waals surface area contributed by atoms with E-state index >= 15 is 0 Å². The summed E-state index contributed by atoms with van der Waals surface area (Å²) in [5.74, 6) is -0.196. The van der Waals surface area contributed by atoms with Crippen molar-refractivity contribution in [2.24, 2.45) is 5.92 Å². The van der Waals surface area contributed by atoms with Crippen LogP contribution in [0.3, 0.4) is 0 Å². The van der Waals surface area contributed by atoms with Crippen molar-refractivity contribution in [2.45, 2.75) is 12.7 Å². The van der Waals surface area contributed by atoms with Gasteiger partial charge >= 0.3 is 0 Å². The Balaban J connectivity index is 1.95. The van der Waals surface area contributed by atoms with Crippen LogP contribution in [-0.4, -0.2) is 24.6 Å². The molecule has 1 N–H and O–H groups in total. The lowest BCUT2D eigenvalue weighted by atomic mass is 9.98. The van der Waals surface area contributed by atoms with Gasteiger partial charge in [-0.05, 0) is 12.0 Å². The molecule has 1 aliphatic rings. The number of alkyl halides is 1. The SMILES string of the molecule is O=C(CCl)NCC(Cc1ccccc1)C1OC=CO1. The summed E-state index contributed by atoms with van der Waals surface area (Å²) in [4.78, 5) is 11.2. The Morgan fingerprint density at radius 2 is 1.95 bits per heavy atom. The summed E-state index contributed by atoms with van der Waals surface area (Å²) in [5.41, 5.74) is 1.17. The topological polar surface area (TPSA) is 47.6 Å². The first kappa shape index (κ1) is 13.7. The lowest BCUT2D eigenvalue weighted by Gasteiger charge is -2.22. The highest BCUT2D eigenvalue weighted by Gasteiger charge is 2.26. The molecule has 102 valence electrons. The van der Waals surface area contributed by atoms with Crippen molar-refractivity contribution in [3.8, 4) is 0 Å². The summed E-state index contributed by atoms with van der Waals surface area (Å²) in [6.45, 7) is 0.465. The molecule has 1 atom stereocenters. The van der Waals surface area contributed by atoms with Crippen LogP contribution in [0.4, 0.5) is 0 Å². The first-order valence-electron chi connectivity index (χ1n) is 6.12. The van der Waals surface area contributed by atoms with E-state index in [9.17, 15) is 4.79 Å². The van der Waals surface area contributed by atoms with E-state index in [1.165, 1.54) is 18.1 Å². The minimum Gasteiger partial charge on any atom is -0.459 e. The van der Waals surface area contributed by atoms with Gasteiger partial charge in [-0.15, -0.1) is 11.6 Å². The van der Waals surface area contributed by atoms with Gasteiger partial charge in [0.1, 0.15) is 18.4 Å². The Kier molecular flexibility index (Phi) is 5.10. The van der Waals surface area contributed by atoms with Gasteiger partial charge in [0.25, 0.3) is 0 Å². The molecule has 0 fully saturated rings. The Bertz CT molecular complexity index is 428. The molecule has 0 bridgehead atoms.